The van der Waals surface area contributed by atoms with Crippen LogP contribution < -0.4 is 16.6 Å². The van der Waals surface area contributed by atoms with E-state index >= 15 is 0 Å². The molecule has 90 valence electrons. The summed E-state index contributed by atoms with van der Waals surface area (Å²) in [5.74, 6) is -0.0354. The quantitative estimate of drug-likeness (QED) is 0.553. The van der Waals surface area contributed by atoms with Gasteiger partial charge in [0.1, 0.15) is 0 Å². The van der Waals surface area contributed by atoms with Crippen LogP contribution in [0, 0.1) is 0 Å². The highest BCUT2D eigenvalue weighted by Crippen LogP contribution is 2.23. The van der Waals surface area contributed by atoms with Crippen molar-refractivity contribution in [3.63, 3.8) is 0 Å². The molecule has 0 aliphatic rings. The summed E-state index contributed by atoms with van der Waals surface area (Å²) in [5, 5.41) is 18.3. The van der Waals surface area contributed by atoms with Gasteiger partial charge in [-0.2, -0.15) is 0 Å². The number of hydrogen-bond donors (Lipinski definition) is 4. The lowest BCUT2D eigenvalue weighted by atomic mass is 9.86. The number of aromatic nitrogens is 3. The molecule has 0 bridgehead atoms. The van der Waals surface area contributed by atoms with Gasteiger partial charge in [0.25, 0.3) is 5.56 Å². The Hall–Kier alpha value is -1.63. The first kappa shape index (κ1) is 12.4. The van der Waals surface area contributed by atoms with Gasteiger partial charge in [0, 0.05) is 0 Å². The average Bonchev–Trinajstić information content (AvgIpc) is 2.08. The van der Waals surface area contributed by atoms with E-state index in [0.717, 1.165) is 0 Å². The third-order valence-corrected chi connectivity index (χ3v) is 2.67. The lowest BCUT2D eigenvalue weighted by Crippen LogP contribution is -2.52. The summed E-state index contributed by atoms with van der Waals surface area (Å²) in [6.07, 6.45) is 0. The molecule has 4 N–H and O–H groups in total. The second kappa shape index (κ2) is 3.75. The van der Waals surface area contributed by atoms with Crippen LogP contribution in [0.5, 0.6) is 0 Å². The third-order valence-electron chi connectivity index (χ3n) is 2.67. The summed E-state index contributed by atoms with van der Waals surface area (Å²) in [6, 6.07) is 0. The van der Waals surface area contributed by atoms with E-state index in [4.69, 9.17) is 0 Å². The Bertz CT molecular complexity index is 481. The molecule has 1 rings (SSSR count). The normalized spacial score (nSPS) is 12.6. The van der Waals surface area contributed by atoms with Crippen molar-refractivity contribution in [2.24, 2.45) is 0 Å². The number of H-pyrrole nitrogens is 2. The van der Waals surface area contributed by atoms with E-state index < -0.39 is 22.4 Å². The predicted octanol–water partition coefficient (Wildman–Crippen LogP) is -0.580. The SMILES string of the molecule is CC(C)(O)C(C)(C)Nc1n[nH]c(=O)[nH]c1=O. The summed E-state index contributed by atoms with van der Waals surface area (Å²) < 4.78 is 0. The Kier molecular flexibility index (Phi) is 2.91. The van der Waals surface area contributed by atoms with Gasteiger partial charge in [-0.3, -0.25) is 9.78 Å². The number of anilines is 1. The Balaban J connectivity index is 3.06. The zero-order chi connectivity index (χ0) is 12.6. The molecule has 0 radical (unpaired) electrons. The molecule has 1 heterocycles. The lowest BCUT2D eigenvalue weighted by Gasteiger charge is -2.37. The third kappa shape index (κ3) is 2.48. The molecule has 16 heavy (non-hydrogen) atoms. The van der Waals surface area contributed by atoms with Gasteiger partial charge in [-0.05, 0) is 27.7 Å². The first-order valence-electron chi connectivity index (χ1n) is 4.83. The summed E-state index contributed by atoms with van der Waals surface area (Å²) in [7, 11) is 0. The van der Waals surface area contributed by atoms with E-state index in [9.17, 15) is 14.7 Å². The van der Waals surface area contributed by atoms with Crippen LogP contribution in [0.4, 0.5) is 5.82 Å². The fourth-order valence-corrected chi connectivity index (χ4v) is 0.881. The maximum absolute atomic E-state index is 11.4. The van der Waals surface area contributed by atoms with Gasteiger partial charge >= 0.3 is 5.69 Å². The molecule has 0 aromatic carbocycles. The Morgan fingerprint density at radius 3 is 2.25 bits per heavy atom. The average molecular weight is 228 g/mol. The summed E-state index contributed by atoms with van der Waals surface area (Å²) in [5.41, 5.74) is -3.12. The zero-order valence-electron chi connectivity index (χ0n) is 9.71. The molecule has 0 spiro atoms. The number of aliphatic hydroxyl groups is 1. The number of nitrogens with zero attached hydrogens (tertiary/aromatic N) is 1. The number of rotatable bonds is 3. The van der Waals surface area contributed by atoms with Crippen molar-refractivity contribution >= 4 is 5.82 Å². The van der Waals surface area contributed by atoms with Crippen LogP contribution in [-0.4, -0.2) is 31.4 Å². The molecule has 1 aromatic rings. The minimum Gasteiger partial charge on any atom is -0.388 e. The molecule has 7 heteroatoms. The fourth-order valence-electron chi connectivity index (χ4n) is 0.881. The Morgan fingerprint density at radius 2 is 1.81 bits per heavy atom. The smallest absolute Gasteiger partial charge is 0.342 e. The first-order valence-corrected chi connectivity index (χ1v) is 4.83. The van der Waals surface area contributed by atoms with Crippen molar-refractivity contribution in [1.82, 2.24) is 15.2 Å². The van der Waals surface area contributed by atoms with E-state index in [0.29, 0.717) is 0 Å². The summed E-state index contributed by atoms with van der Waals surface area (Å²) >= 11 is 0. The van der Waals surface area contributed by atoms with Crippen LogP contribution in [0.15, 0.2) is 9.59 Å². The van der Waals surface area contributed by atoms with Crippen LogP contribution in [0.25, 0.3) is 0 Å². The molecule has 0 amide bonds. The molecule has 0 aliphatic heterocycles. The van der Waals surface area contributed by atoms with Crippen molar-refractivity contribution in [1.29, 1.82) is 0 Å². The van der Waals surface area contributed by atoms with Gasteiger partial charge in [0.05, 0.1) is 11.1 Å². The molecule has 0 fully saturated rings. The second-order valence-corrected chi connectivity index (χ2v) is 4.66. The van der Waals surface area contributed by atoms with Gasteiger partial charge in [-0.1, -0.05) is 0 Å². The van der Waals surface area contributed by atoms with E-state index in [1.54, 1.807) is 27.7 Å². The van der Waals surface area contributed by atoms with E-state index in [2.05, 4.69) is 15.5 Å². The number of hydrogen-bond acceptors (Lipinski definition) is 5. The standard InChI is InChI=1S/C9H16N4O3/c1-8(2,9(3,4)16)11-5-6(14)10-7(15)13-12-5/h16H,1-4H3,(H,11,12)(H2,10,13,14,15). The summed E-state index contributed by atoms with van der Waals surface area (Å²) in [6.45, 7) is 6.66. The van der Waals surface area contributed by atoms with Gasteiger partial charge in [0.15, 0.2) is 0 Å². The van der Waals surface area contributed by atoms with Crippen molar-refractivity contribution < 1.29 is 5.11 Å². The maximum Gasteiger partial charge on any atom is 0.342 e. The second-order valence-electron chi connectivity index (χ2n) is 4.66. The molecule has 1 aromatic heterocycles. The molecule has 0 atom stereocenters. The predicted molar refractivity (Wildman–Crippen MR) is 59.5 cm³/mol. The molecular weight excluding hydrogens is 212 g/mol. The van der Waals surface area contributed by atoms with E-state index in [1.807, 2.05) is 4.98 Å². The van der Waals surface area contributed by atoms with E-state index in [1.165, 1.54) is 0 Å². The molecule has 7 nitrogen and oxygen atoms in total. The largest absolute Gasteiger partial charge is 0.388 e. The topological polar surface area (TPSA) is 111 Å². The van der Waals surface area contributed by atoms with Crippen molar-refractivity contribution in [3.05, 3.63) is 20.8 Å². The van der Waals surface area contributed by atoms with Crippen LogP contribution in [-0.2, 0) is 0 Å². The van der Waals surface area contributed by atoms with Gasteiger partial charge in [-0.25, -0.2) is 9.89 Å². The highest BCUT2D eigenvalue weighted by atomic mass is 16.3. The van der Waals surface area contributed by atoms with Gasteiger partial charge in [0.2, 0.25) is 5.82 Å². The van der Waals surface area contributed by atoms with Crippen LogP contribution in [0.3, 0.4) is 0 Å². The fraction of sp³-hybridized carbons (Fsp3) is 0.667. The molecule has 0 saturated carbocycles. The minimum atomic E-state index is -1.06. The van der Waals surface area contributed by atoms with Crippen molar-refractivity contribution in [2.45, 2.75) is 38.8 Å². The highest BCUT2D eigenvalue weighted by molar-refractivity contribution is 5.34. The molecular formula is C9H16N4O3. The van der Waals surface area contributed by atoms with Crippen LogP contribution in [0.2, 0.25) is 0 Å². The molecule has 0 aliphatic carbocycles. The lowest BCUT2D eigenvalue weighted by molar-refractivity contribution is 0.0238. The van der Waals surface area contributed by atoms with Crippen LogP contribution in [0.1, 0.15) is 27.7 Å². The van der Waals surface area contributed by atoms with Crippen molar-refractivity contribution in [2.75, 3.05) is 5.32 Å². The summed E-state index contributed by atoms with van der Waals surface area (Å²) in [4.78, 5) is 24.2. The minimum absolute atomic E-state index is 0.0354. The number of aromatic amines is 2. The van der Waals surface area contributed by atoms with Gasteiger partial charge in [-0.15, -0.1) is 5.10 Å². The van der Waals surface area contributed by atoms with E-state index in [-0.39, 0.29) is 5.82 Å². The highest BCUT2D eigenvalue weighted by Gasteiger charge is 2.35. The zero-order valence-corrected chi connectivity index (χ0v) is 9.71. The van der Waals surface area contributed by atoms with Crippen molar-refractivity contribution in [3.8, 4) is 0 Å². The van der Waals surface area contributed by atoms with Crippen LogP contribution >= 0.6 is 0 Å². The molecule has 0 saturated heterocycles. The Labute approximate surface area is 91.9 Å². The number of nitrogens with one attached hydrogen (secondary N) is 3. The Morgan fingerprint density at radius 1 is 1.25 bits per heavy atom. The maximum atomic E-state index is 11.4. The first-order chi connectivity index (χ1) is 7.13. The monoisotopic (exact) mass is 228 g/mol. The van der Waals surface area contributed by atoms with Gasteiger partial charge < -0.3 is 10.4 Å². The molecule has 0 unspecified atom stereocenters.